The Morgan fingerprint density at radius 1 is 1.75 bits per heavy atom. The first-order chi connectivity index (χ1) is 5.61. The van der Waals surface area contributed by atoms with Gasteiger partial charge in [-0.05, 0) is 15.9 Å². The summed E-state index contributed by atoms with van der Waals surface area (Å²) >= 11 is 3.19. The highest BCUT2D eigenvalue weighted by atomic mass is 79.9. The first-order valence-electron chi connectivity index (χ1n) is 3.30. The Morgan fingerprint density at radius 2 is 2.42 bits per heavy atom. The summed E-state index contributed by atoms with van der Waals surface area (Å²) in [6.07, 6.45) is 2.81. The Hall–Kier alpha value is -0.810. The number of nitrogens with two attached hydrogens (primary N) is 1. The molecule has 5 heteroatoms. The number of carboxylic acid groups (broad SMARTS) is 1. The number of furan rings is 1. The molecule has 0 saturated heterocycles. The normalized spacial score (nSPS) is 12.8. The third kappa shape index (κ3) is 2.09. The van der Waals surface area contributed by atoms with Gasteiger partial charge in [0.2, 0.25) is 0 Å². The summed E-state index contributed by atoms with van der Waals surface area (Å²) in [5, 5.41) is 8.45. The maximum absolute atomic E-state index is 10.3. The van der Waals surface area contributed by atoms with E-state index in [1.807, 2.05) is 0 Å². The van der Waals surface area contributed by atoms with E-state index < -0.39 is 12.0 Å². The molecule has 0 radical (unpaired) electrons. The molecule has 0 aliphatic carbocycles. The van der Waals surface area contributed by atoms with E-state index in [0.717, 1.165) is 0 Å². The van der Waals surface area contributed by atoms with Crippen LogP contribution in [0.4, 0.5) is 0 Å². The molecular formula is C7H8BrNO3. The summed E-state index contributed by atoms with van der Waals surface area (Å²) in [6, 6.07) is -0.518. The largest absolute Gasteiger partial charge is 0.481 e. The number of aliphatic carboxylic acids is 1. The highest BCUT2D eigenvalue weighted by Crippen LogP contribution is 2.24. The summed E-state index contributed by atoms with van der Waals surface area (Å²) in [5.41, 5.74) is 6.25. The number of rotatable bonds is 3. The maximum atomic E-state index is 10.3. The number of carbonyl (C=O) groups is 1. The Kier molecular flexibility index (Phi) is 2.88. The van der Waals surface area contributed by atoms with Crippen molar-refractivity contribution in [3.05, 3.63) is 22.6 Å². The molecule has 0 amide bonds. The van der Waals surface area contributed by atoms with E-state index in [-0.39, 0.29) is 6.42 Å². The second kappa shape index (κ2) is 3.73. The van der Waals surface area contributed by atoms with Gasteiger partial charge in [-0.3, -0.25) is 4.79 Å². The van der Waals surface area contributed by atoms with Crippen LogP contribution in [0.3, 0.4) is 0 Å². The van der Waals surface area contributed by atoms with Crippen molar-refractivity contribution in [3.63, 3.8) is 0 Å². The van der Waals surface area contributed by atoms with Gasteiger partial charge >= 0.3 is 5.97 Å². The third-order valence-electron chi connectivity index (χ3n) is 1.44. The van der Waals surface area contributed by atoms with Gasteiger partial charge in [-0.1, -0.05) is 0 Å². The lowest BCUT2D eigenvalue weighted by atomic mass is 10.1. The van der Waals surface area contributed by atoms with Crippen LogP contribution in [0.5, 0.6) is 0 Å². The van der Waals surface area contributed by atoms with Crippen LogP contribution in [-0.2, 0) is 4.79 Å². The summed E-state index contributed by atoms with van der Waals surface area (Å²) in [7, 11) is 0. The van der Waals surface area contributed by atoms with E-state index in [1.54, 1.807) is 0 Å². The average Bonchev–Trinajstić information content (AvgIpc) is 2.33. The highest BCUT2D eigenvalue weighted by molar-refractivity contribution is 9.10. The zero-order valence-corrected chi connectivity index (χ0v) is 7.74. The minimum Gasteiger partial charge on any atom is -0.481 e. The first-order valence-corrected chi connectivity index (χ1v) is 4.09. The fraction of sp³-hybridized carbons (Fsp3) is 0.286. The van der Waals surface area contributed by atoms with Crippen molar-refractivity contribution in [1.29, 1.82) is 0 Å². The molecule has 66 valence electrons. The van der Waals surface area contributed by atoms with Gasteiger partial charge in [-0.25, -0.2) is 0 Å². The van der Waals surface area contributed by atoms with Gasteiger partial charge in [0, 0.05) is 11.6 Å². The number of hydrogen-bond acceptors (Lipinski definition) is 3. The van der Waals surface area contributed by atoms with Crippen LogP contribution in [0, 0.1) is 0 Å². The van der Waals surface area contributed by atoms with E-state index >= 15 is 0 Å². The van der Waals surface area contributed by atoms with Crippen molar-refractivity contribution in [2.24, 2.45) is 5.73 Å². The Bertz CT molecular complexity index is 284. The second-order valence-corrected chi connectivity index (χ2v) is 3.23. The zero-order chi connectivity index (χ0) is 9.14. The summed E-state index contributed by atoms with van der Waals surface area (Å²) in [6.45, 7) is 0. The molecule has 1 unspecified atom stereocenters. The van der Waals surface area contributed by atoms with E-state index in [0.29, 0.717) is 10.0 Å². The van der Waals surface area contributed by atoms with Gasteiger partial charge in [0.25, 0.3) is 0 Å². The molecule has 1 aromatic rings. The molecule has 1 aromatic heterocycles. The predicted octanol–water partition coefficient (Wildman–Crippen LogP) is 1.52. The third-order valence-corrected chi connectivity index (χ3v) is 2.08. The molecule has 1 rings (SSSR count). The molecule has 0 bridgehead atoms. The summed E-state index contributed by atoms with van der Waals surface area (Å²) < 4.78 is 5.53. The molecule has 1 heterocycles. The van der Waals surface area contributed by atoms with Crippen LogP contribution in [0.1, 0.15) is 18.0 Å². The van der Waals surface area contributed by atoms with E-state index in [1.165, 1.54) is 12.5 Å². The molecule has 0 spiro atoms. The number of hydrogen-bond donors (Lipinski definition) is 2. The Labute approximate surface area is 77.5 Å². The van der Waals surface area contributed by atoms with Crippen LogP contribution >= 0.6 is 15.9 Å². The minimum atomic E-state index is -0.921. The molecule has 0 saturated carbocycles. The van der Waals surface area contributed by atoms with Gasteiger partial charge < -0.3 is 15.3 Å². The smallest absolute Gasteiger partial charge is 0.305 e. The first kappa shape index (κ1) is 9.28. The highest BCUT2D eigenvalue weighted by Gasteiger charge is 2.14. The topological polar surface area (TPSA) is 76.5 Å². The molecule has 4 nitrogen and oxygen atoms in total. The molecule has 0 aromatic carbocycles. The molecule has 1 atom stereocenters. The van der Waals surface area contributed by atoms with E-state index in [9.17, 15) is 4.79 Å². The van der Waals surface area contributed by atoms with E-state index in [2.05, 4.69) is 15.9 Å². The minimum absolute atomic E-state index is 0.0991. The number of carboxylic acids is 1. The molecular weight excluding hydrogens is 226 g/mol. The molecule has 0 aliphatic rings. The summed E-state index contributed by atoms with van der Waals surface area (Å²) in [5.74, 6) is -0.921. The van der Waals surface area contributed by atoms with Gasteiger partial charge in [-0.2, -0.15) is 0 Å². The quantitative estimate of drug-likeness (QED) is 0.831. The van der Waals surface area contributed by atoms with Crippen LogP contribution in [0.25, 0.3) is 0 Å². The zero-order valence-electron chi connectivity index (χ0n) is 6.16. The lowest BCUT2D eigenvalue weighted by Gasteiger charge is -2.05. The second-order valence-electron chi connectivity index (χ2n) is 2.38. The summed E-state index contributed by atoms with van der Waals surface area (Å²) in [4.78, 5) is 10.3. The fourth-order valence-corrected chi connectivity index (χ4v) is 1.35. The van der Waals surface area contributed by atoms with Crippen LogP contribution < -0.4 is 5.73 Å². The lowest BCUT2D eigenvalue weighted by Crippen LogP contribution is -2.14. The van der Waals surface area contributed by atoms with Crippen LogP contribution in [0.2, 0.25) is 0 Å². The van der Waals surface area contributed by atoms with Gasteiger partial charge in [0.1, 0.15) is 6.26 Å². The number of halogens is 1. The van der Waals surface area contributed by atoms with Crippen LogP contribution in [0.15, 0.2) is 21.4 Å². The molecule has 0 fully saturated rings. The van der Waals surface area contributed by atoms with Crippen molar-refractivity contribution >= 4 is 21.9 Å². The predicted molar refractivity (Wildman–Crippen MR) is 45.6 cm³/mol. The van der Waals surface area contributed by atoms with Crippen molar-refractivity contribution in [1.82, 2.24) is 0 Å². The monoisotopic (exact) mass is 233 g/mol. The van der Waals surface area contributed by atoms with Gasteiger partial charge in [0.15, 0.2) is 0 Å². The fourth-order valence-electron chi connectivity index (χ4n) is 0.854. The van der Waals surface area contributed by atoms with Crippen molar-refractivity contribution in [3.8, 4) is 0 Å². The van der Waals surface area contributed by atoms with Gasteiger partial charge in [0.05, 0.1) is 17.2 Å². The molecule has 3 N–H and O–H groups in total. The van der Waals surface area contributed by atoms with Crippen molar-refractivity contribution < 1.29 is 14.3 Å². The Morgan fingerprint density at radius 3 is 2.83 bits per heavy atom. The molecule has 12 heavy (non-hydrogen) atoms. The standard InChI is InChI=1S/C7H8BrNO3/c8-5-3-12-2-4(5)6(9)1-7(10)11/h2-3,6H,1,9H2,(H,10,11). The Balaban J connectivity index is 2.71. The molecule has 0 aliphatic heterocycles. The van der Waals surface area contributed by atoms with Gasteiger partial charge in [-0.15, -0.1) is 0 Å². The van der Waals surface area contributed by atoms with Crippen molar-refractivity contribution in [2.75, 3.05) is 0 Å². The maximum Gasteiger partial charge on any atom is 0.305 e. The van der Waals surface area contributed by atoms with E-state index in [4.69, 9.17) is 15.3 Å². The van der Waals surface area contributed by atoms with Crippen molar-refractivity contribution in [2.45, 2.75) is 12.5 Å². The van der Waals surface area contributed by atoms with Crippen LogP contribution in [-0.4, -0.2) is 11.1 Å². The SMILES string of the molecule is NC(CC(=O)O)c1cocc1Br. The lowest BCUT2D eigenvalue weighted by molar-refractivity contribution is -0.137. The average molecular weight is 234 g/mol.